The summed E-state index contributed by atoms with van der Waals surface area (Å²) in [4.78, 5) is 0. The maximum atomic E-state index is 9.49. The average molecular weight is 395 g/mol. The molecule has 164 valence electrons. The van der Waals surface area contributed by atoms with Crippen molar-refractivity contribution in [3.05, 3.63) is 0 Å². The van der Waals surface area contributed by atoms with Crippen LogP contribution in [-0.2, 0) is 28.4 Å². The molecular formula is C20H42O7. The monoisotopic (exact) mass is 394 g/mol. The summed E-state index contributed by atoms with van der Waals surface area (Å²) in [6, 6.07) is 0. The van der Waals surface area contributed by atoms with Crippen molar-refractivity contribution in [1.29, 1.82) is 0 Å². The van der Waals surface area contributed by atoms with Gasteiger partial charge in [-0.15, -0.1) is 0 Å². The van der Waals surface area contributed by atoms with E-state index in [1.165, 1.54) is 0 Å². The molecular weight excluding hydrogens is 352 g/mol. The first kappa shape index (κ1) is 26.7. The molecule has 27 heavy (non-hydrogen) atoms. The summed E-state index contributed by atoms with van der Waals surface area (Å²) in [5.41, 5.74) is 0. The topological polar surface area (TPSA) is 75.6 Å². The molecule has 0 amide bonds. The zero-order valence-corrected chi connectivity index (χ0v) is 18.3. The quantitative estimate of drug-likeness (QED) is 0.383. The lowest BCUT2D eigenvalue weighted by Crippen LogP contribution is -2.29. The van der Waals surface area contributed by atoms with Crippen LogP contribution in [0.25, 0.3) is 0 Å². The zero-order valence-electron chi connectivity index (χ0n) is 18.3. The minimum atomic E-state index is -0.412. The molecule has 0 aliphatic rings. The van der Waals surface area contributed by atoms with Crippen LogP contribution in [0.1, 0.15) is 48.0 Å². The number of aliphatic hydroxyl groups is 1. The number of rotatable bonds is 18. The molecule has 1 N–H and O–H groups in total. The van der Waals surface area contributed by atoms with Crippen molar-refractivity contribution in [2.45, 2.75) is 84.6 Å². The van der Waals surface area contributed by atoms with Crippen LogP contribution in [0.5, 0.6) is 0 Å². The average Bonchev–Trinajstić information content (AvgIpc) is 2.65. The largest absolute Gasteiger partial charge is 0.391 e. The summed E-state index contributed by atoms with van der Waals surface area (Å²) in [5.74, 6) is 0. The minimum Gasteiger partial charge on any atom is -0.391 e. The highest BCUT2D eigenvalue weighted by molar-refractivity contribution is 4.58. The summed E-state index contributed by atoms with van der Waals surface area (Å²) in [7, 11) is 1.66. The van der Waals surface area contributed by atoms with Crippen molar-refractivity contribution in [3.63, 3.8) is 0 Å². The van der Waals surface area contributed by atoms with Crippen LogP contribution < -0.4 is 0 Å². The Labute approximate surface area is 165 Å². The van der Waals surface area contributed by atoms with E-state index in [1.54, 1.807) is 7.11 Å². The normalized spacial score (nSPS) is 18.7. The molecule has 0 spiro atoms. The SMILES string of the molecule is CC[C@H](O)CO[C@@H](C)CO[C@@H](C)CO[C@@H](C)CO[C@@H](C)CO[C@@H](C)COC. The Balaban J connectivity index is 3.74. The van der Waals surface area contributed by atoms with Gasteiger partial charge in [-0.1, -0.05) is 6.92 Å². The smallest absolute Gasteiger partial charge is 0.0781 e. The lowest BCUT2D eigenvalue weighted by molar-refractivity contribution is -0.102. The predicted octanol–water partition coefficient (Wildman–Crippen LogP) is 2.43. The summed E-state index contributed by atoms with van der Waals surface area (Å²) in [5, 5.41) is 9.49. The summed E-state index contributed by atoms with van der Waals surface area (Å²) >= 11 is 0. The van der Waals surface area contributed by atoms with Crippen molar-refractivity contribution in [1.82, 2.24) is 0 Å². The third-order valence-corrected chi connectivity index (χ3v) is 3.91. The van der Waals surface area contributed by atoms with Crippen LogP contribution in [0.3, 0.4) is 0 Å². The Bertz CT molecular complexity index is 329. The molecule has 0 bridgehead atoms. The Kier molecular flexibility index (Phi) is 16.5. The first-order valence-corrected chi connectivity index (χ1v) is 10.0. The highest BCUT2D eigenvalue weighted by Crippen LogP contribution is 2.04. The van der Waals surface area contributed by atoms with Crippen molar-refractivity contribution >= 4 is 0 Å². The Hall–Kier alpha value is -0.280. The van der Waals surface area contributed by atoms with Gasteiger partial charge in [0.05, 0.1) is 76.3 Å². The van der Waals surface area contributed by atoms with Gasteiger partial charge < -0.3 is 33.5 Å². The van der Waals surface area contributed by atoms with E-state index in [1.807, 2.05) is 41.5 Å². The second kappa shape index (κ2) is 16.7. The van der Waals surface area contributed by atoms with E-state index in [-0.39, 0.29) is 30.5 Å². The van der Waals surface area contributed by atoms with E-state index in [0.717, 1.165) is 0 Å². The number of methoxy groups -OCH3 is 1. The molecule has 0 aromatic carbocycles. The Morgan fingerprint density at radius 1 is 0.556 bits per heavy atom. The first-order chi connectivity index (χ1) is 12.8. The lowest BCUT2D eigenvalue weighted by atomic mass is 10.3. The van der Waals surface area contributed by atoms with Gasteiger partial charge in [-0.25, -0.2) is 0 Å². The van der Waals surface area contributed by atoms with Gasteiger partial charge in [0.2, 0.25) is 0 Å². The van der Waals surface area contributed by atoms with Gasteiger partial charge in [-0.05, 0) is 41.0 Å². The number of aliphatic hydroxyl groups excluding tert-OH is 1. The molecule has 7 nitrogen and oxygen atoms in total. The van der Waals surface area contributed by atoms with Crippen LogP contribution in [0.4, 0.5) is 0 Å². The van der Waals surface area contributed by atoms with Gasteiger partial charge in [-0.3, -0.25) is 0 Å². The molecule has 0 rings (SSSR count). The zero-order chi connectivity index (χ0) is 20.7. The molecule has 0 aromatic heterocycles. The molecule has 0 aliphatic heterocycles. The molecule has 0 aliphatic carbocycles. The fraction of sp³-hybridized carbons (Fsp3) is 1.00. The van der Waals surface area contributed by atoms with Crippen molar-refractivity contribution in [3.8, 4) is 0 Å². The van der Waals surface area contributed by atoms with E-state index in [4.69, 9.17) is 28.4 Å². The highest BCUT2D eigenvalue weighted by atomic mass is 16.6. The third-order valence-electron chi connectivity index (χ3n) is 3.91. The van der Waals surface area contributed by atoms with E-state index >= 15 is 0 Å². The lowest BCUT2D eigenvalue weighted by Gasteiger charge is -2.22. The minimum absolute atomic E-state index is 0.000462. The van der Waals surface area contributed by atoms with Crippen LogP contribution in [-0.4, -0.2) is 88.5 Å². The molecule has 0 saturated heterocycles. The van der Waals surface area contributed by atoms with Crippen LogP contribution in [0.2, 0.25) is 0 Å². The summed E-state index contributed by atoms with van der Waals surface area (Å²) in [6.45, 7) is 14.7. The van der Waals surface area contributed by atoms with Gasteiger partial charge in [0.25, 0.3) is 0 Å². The van der Waals surface area contributed by atoms with E-state index in [2.05, 4.69) is 0 Å². The van der Waals surface area contributed by atoms with E-state index in [9.17, 15) is 5.11 Å². The second-order valence-electron chi connectivity index (χ2n) is 7.24. The van der Waals surface area contributed by atoms with Crippen molar-refractivity contribution in [2.24, 2.45) is 0 Å². The summed E-state index contributed by atoms with van der Waals surface area (Å²) < 4.78 is 33.5. The molecule has 0 aromatic rings. The maximum Gasteiger partial charge on any atom is 0.0781 e. The Morgan fingerprint density at radius 3 is 1.15 bits per heavy atom. The molecule has 0 radical (unpaired) electrons. The van der Waals surface area contributed by atoms with Gasteiger partial charge in [-0.2, -0.15) is 0 Å². The number of hydrogen-bond donors (Lipinski definition) is 1. The fourth-order valence-electron chi connectivity index (χ4n) is 2.07. The molecule has 0 fully saturated rings. The van der Waals surface area contributed by atoms with Crippen molar-refractivity contribution < 1.29 is 33.5 Å². The predicted molar refractivity (Wildman–Crippen MR) is 105 cm³/mol. The van der Waals surface area contributed by atoms with Gasteiger partial charge >= 0.3 is 0 Å². The second-order valence-corrected chi connectivity index (χ2v) is 7.24. The molecule has 0 saturated carbocycles. The maximum absolute atomic E-state index is 9.49. The first-order valence-electron chi connectivity index (χ1n) is 10.0. The van der Waals surface area contributed by atoms with E-state index in [0.29, 0.717) is 46.1 Å². The molecule has 6 atom stereocenters. The van der Waals surface area contributed by atoms with E-state index < -0.39 is 6.10 Å². The molecule has 0 unspecified atom stereocenters. The van der Waals surface area contributed by atoms with Crippen LogP contribution in [0, 0.1) is 0 Å². The fourth-order valence-corrected chi connectivity index (χ4v) is 2.07. The molecule has 7 heteroatoms. The van der Waals surface area contributed by atoms with Crippen LogP contribution in [0.15, 0.2) is 0 Å². The number of ether oxygens (including phenoxy) is 6. The van der Waals surface area contributed by atoms with Gasteiger partial charge in [0.15, 0.2) is 0 Å². The Morgan fingerprint density at radius 2 is 0.852 bits per heavy atom. The van der Waals surface area contributed by atoms with Gasteiger partial charge in [0, 0.05) is 7.11 Å². The van der Waals surface area contributed by atoms with Gasteiger partial charge in [0.1, 0.15) is 0 Å². The van der Waals surface area contributed by atoms with Crippen molar-refractivity contribution in [2.75, 3.05) is 46.8 Å². The molecule has 0 heterocycles. The summed E-state index contributed by atoms with van der Waals surface area (Å²) in [6.07, 6.45) is 0.216. The number of hydrogen-bond acceptors (Lipinski definition) is 7. The highest BCUT2D eigenvalue weighted by Gasteiger charge is 2.13. The van der Waals surface area contributed by atoms with Crippen LogP contribution >= 0.6 is 0 Å². The third kappa shape index (κ3) is 16.4. The standard InChI is InChI=1S/C20H42O7/c1-8-20(21)14-27-19(6)13-26-18(5)12-25-17(4)11-24-16(3)10-23-15(2)9-22-7/h15-21H,8-14H2,1-7H3/t15-,16-,17-,18-,19-,20-/m0/s1.